The number of aryl methyl sites for hydroxylation is 1. The van der Waals surface area contributed by atoms with E-state index < -0.39 is 11.6 Å². The molecule has 0 aliphatic heterocycles. The van der Waals surface area contributed by atoms with Crippen molar-refractivity contribution in [3.05, 3.63) is 52.5 Å². The van der Waals surface area contributed by atoms with E-state index in [1.54, 1.807) is 20.0 Å². The molecule has 0 saturated carbocycles. The van der Waals surface area contributed by atoms with Crippen molar-refractivity contribution in [3.63, 3.8) is 0 Å². The van der Waals surface area contributed by atoms with Gasteiger partial charge in [0, 0.05) is 12.6 Å². The lowest BCUT2D eigenvalue weighted by atomic mass is 10.1. The number of aliphatic hydroxyl groups is 1. The van der Waals surface area contributed by atoms with Gasteiger partial charge in [0.15, 0.2) is 12.1 Å². The molecule has 29 heavy (non-hydrogen) atoms. The Labute approximate surface area is 172 Å². The summed E-state index contributed by atoms with van der Waals surface area (Å²) in [6.45, 7) is 6.18. The maximum absolute atomic E-state index is 14.4. The topological polar surface area (TPSA) is 83.5 Å². The first-order chi connectivity index (χ1) is 14.0. The standard InChI is InChI=1S/C15H10F2N2OS.C3H9NO2.C2H6/c1-8-2-3-11(10(16)4-8)19-14-9(6-20)5-12-15(13(14)17)18-7-21-12;1-4-6-3-2-5;1-2/h2-7,19H,1H3;4-5H,2-3H2,1H3;1-2H3. The number of anilines is 2. The molecule has 0 aliphatic rings. The maximum Gasteiger partial charge on any atom is 0.174 e. The van der Waals surface area contributed by atoms with Crippen molar-refractivity contribution in [2.75, 3.05) is 25.6 Å². The normalized spacial score (nSPS) is 9.90. The molecular weight excluding hydrogens is 400 g/mol. The largest absolute Gasteiger partial charge is 0.394 e. The van der Waals surface area contributed by atoms with Crippen LogP contribution >= 0.6 is 11.3 Å². The van der Waals surface area contributed by atoms with Gasteiger partial charge in [0.2, 0.25) is 0 Å². The molecule has 1 aromatic heterocycles. The minimum atomic E-state index is -0.657. The fraction of sp³-hybridized carbons (Fsp3) is 0.300. The first-order valence-corrected chi connectivity index (χ1v) is 9.83. The van der Waals surface area contributed by atoms with Crippen LogP contribution in [-0.4, -0.2) is 36.6 Å². The number of nitrogens with zero attached hydrogens (tertiary/aromatic N) is 1. The van der Waals surface area contributed by atoms with E-state index in [1.165, 1.54) is 35.0 Å². The number of aromatic nitrogens is 1. The van der Waals surface area contributed by atoms with Crippen LogP contribution in [0.3, 0.4) is 0 Å². The Balaban J connectivity index is 0.000000454. The van der Waals surface area contributed by atoms with E-state index in [0.717, 1.165) is 5.56 Å². The number of halogens is 2. The number of thiazole rings is 1. The molecule has 0 saturated heterocycles. The Hall–Kier alpha value is -2.46. The molecule has 0 atom stereocenters. The second kappa shape index (κ2) is 12.9. The summed E-state index contributed by atoms with van der Waals surface area (Å²) in [5, 5.41) is 10.7. The van der Waals surface area contributed by atoms with E-state index in [1.807, 2.05) is 13.8 Å². The summed E-state index contributed by atoms with van der Waals surface area (Å²) in [6, 6.07) is 6.08. The van der Waals surface area contributed by atoms with Crippen molar-refractivity contribution in [2.24, 2.45) is 0 Å². The number of carbonyl (C=O) groups is 1. The number of hydrogen-bond acceptors (Lipinski definition) is 7. The lowest BCUT2D eigenvalue weighted by molar-refractivity contribution is 0.0314. The van der Waals surface area contributed by atoms with Crippen molar-refractivity contribution in [1.29, 1.82) is 0 Å². The number of aliphatic hydroxyl groups excluding tert-OH is 1. The van der Waals surface area contributed by atoms with Crippen LogP contribution in [0.15, 0.2) is 29.8 Å². The summed E-state index contributed by atoms with van der Waals surface area (Å²) >= 11 is 1.24. The van der Waals surface area contributed by atoms with Gasteiger partial charge in [-0.2, -0.15) is 0 Å². The molecule has 0 amide bonds. The number of carbonyl (C=O) groups excluding carboxylic acids is 1. The lowest BCUT2D eigenvalue weighted by Crippen LogP contribution is -2.10. The maximum atomic E-state index is 14.4. The fourth-order valence-corrected chi connectivity index (χ4v) is 2.93. The van der Waals surface area contributed by atoms with Crippen molar-refractivity contribution >= 4 is 39.2 Å². The highest BCUT2D eigenvalue weighted by Gasteiger charge is 2.16. The molecule has 2 aromatic carbocycles. The van der Waals surface area contributed by atoms with Gasteiger partial charge in [-0.05, 0) is 30.7 Å². The summed E-state index contributed by atoms with van der Waals surface area (Å²) in [6.07, 6.45) is 0.538. The quantitative estimate of drug-likeness (QED) is 0.304. The van der Waals surface area contributed by atoms with Gasteiger partial charge >= 0.3 is 0 Å². The van der Waals surface area contributed by atoms with E-state index in [9.17, 15) is 13.6 Å². The molecule has 3 rings (SSSR count). The van der Waals surface area contributed by atoms with Gasteiger partial charge in [-0.1, -0.05) is 19.9 Å². The Morgan fingerprint density at radius 2 is 2.00 bits per heavy atom. The lowest BCUT2D eigenvalue weighted by Gasteiger charge is -2.11. The van der Waals surface area contributed by atoms with E-state index in [0.29, 0.717) is 17.6 Å². The van der Waals surface area contributed by atoms with Gasteiger partial charge in [0.25, 0.3) is 0 Å². The highest BCUT2D eigenvalue weighted by molar-refractivity contribution is 7.16. The summed E-state index contributed by atoms with van der Waals surface area (Å²) in [4.78, 5) is 19.6. The third-order valence-corrected chi connectivity index (χ3v) is 4.22. The smallest absolute Gasteiger partial charge is 0.174 e. The van der Waals surface area contributed by atoms with Gasteiger partial charge in [-0.15, -0.1) is 11.3 Å². The van der Waals surface area contributed by atoms with E-state index in [4.69, 9.17) is 5.11 Å². The molecule has 0 radical (unpaired) electrons. The first kappa shape index (κ1) is 24.6. The second-order valence-electron chi connectivity index (χ2n) is 5.36. The molecule has 1 heterocycles. The minimum Gasteiger partial charge on any atom is -0.394 e. The monoisotopic (exact) mass is 425 g/mol. The number of fused-ring (bicyclic) bond motifs is 1. The SMILES string of the molecule is CC.CNOCCO.Cc1ccc(Nc2c(C=O)cc3scnc3c2F)c(F)c1. The summed E-state index contributed by atoms with van der Waals surface area (Å²) in [5.41, 5.74) is 5.00. The van der Waals surface area contributed by atoms with Crippen LogP contribution in [-0.2, 0) is 4.84 Å². The van der Waals surface area contributed by atoms with Gasteiger partial charge in [-0.3, -0.25) is 9.63 Å². The summed E-state index contributed by atoms with van der Waals surface area (Å²) in [7, 11) is 1.65. The number of hydrogen-bond donors (Lipinski definition) is 3. The zero-order chi connectivity index (χ0) is 21.8. The first-order valence-electron chi connectivity index (χ1n) is 8.95. The van der Waals surface area contributed by atoms with Crippen molar-refractivity contribution < 1.29 is 23.5 Å². The van der Waals surface area contributed by atoms with Gasteiger partial charge in [0.1, 0.15) is 11.3 Å². The molecule has 0 aliphatic carbocycles. The number of hydroxylamine groups is 1. The van der Waals surface area contributed by atoms with Crippen LogP contribution < -0.4 is 10.8 Å². The molecule has 0 fully saturated rings. The Kier molecular flexibility index (Phi) is 10.9. The Morgan fingerprint density at radius 3 is 2.55 bits per heavy atom. The van der Waals surface area contributed by atoms with Crippen LogP contribution in [0.5, 0.6) is 0 Å². The van der Waals surface area contributed by atoms with Gasteiger partial charge in [-0.25, -0.2) is 19.2 Å². The number of rotatable bonds is 6. The predicted octanol–water partition coefficient (Wildman–Crippen LogP) is 4.59. The zero-order valence-corrected chi connectivity index (χ0v) is 17.6. The van der Waals surface area contributed by atoms with E-state index in [-0.39, 0.29) is 29.1 Å². The third kappa shape index (κ3) is 6.82. The highest BCUT2D eigenvalue weighted by Crippen LogP contribution is 2.32. The average molecular weight is 426 g/mol. The molecular formula is C20H25F2N3O3S. The van der Waals surface area contributed by atoms with Crippen LogP contribution in [0.4, 0.5) is 20.2 Å². The van der Waals surface area contributed by atoms with Crippen LogP contribution in [0.1, 0.15) is 29.8 Å². The predicted molar refractivity (Wildman–Crippen MR) is 113 cm³/mol. The van der Waals surface area contributed by atoms with Gasteiger partial charge in [0.05, 0.1) is 34.8 Å². The Morgan fingerprint density at radius 1 is 1.28 bits per heavy atom. The van der Waals surface area contributed by atoms with Crippen molar-refractivity contribution in [3.8, 4) is 0 Å². The van der Waals surface area contributed by atoms with Crippen LogP contribution in [0.2, 0.25) is 0 Å². The molecule has 158 valence electrons. The molecule has 3 N–H and O–H groups in total. The summed E-state index contributed by atoms with van der Waals surface area (Å²) < 4.78 is 28.9. The van der Waals surface area contributed by atoms with Crippen molar-refractivity contribution in [2.45, 2.75) is 20.8 Å². The van der Waals surface area contributed by atoms with E-state index >= 15 is 0 Å². The van der Waals surface area contributed by atoms with E-state index in [2.05, 4.69) is 20.6 Å². The molecule has 0 bridgehead atoms. The van der Waals surface area contributed by atoms with Crippen molar-refractivity contribution in [1.82, 2.24) is 10.5 Å². The molecule has 3 aromatic rings. The minimum absolute atomic E-state index is 0.0637. The fourth-order valence-electron chi connectivity index (χ4n) is 2.20. The number of nitrogens with one attached hydrogen (secondary N) is 2. The number of aldehydes is 1. The third-order valence-electron chi connectivity index (χ3n) is 3.45. The molecule has 6 nitrogen and oxygen atoms in total. The molecule has 0 spiro atoms. The summed E-state index contributed by atoms with van der Waals surface area (Å²) in [5.74, 6) is -1.17. The number of benzene rings is 2. The van der Waals surface area contributed by atoms with Crippen LogP contribution in [0.25, 0.3) is 10.2 Å². The Bertz CT molecular complexity index is 915. The second-order valence-corrected chi connectivity index (χ2v) is 6.24. The zero-order valence-electron chi connectivity index (χ0n) is 16.8. The average Bonchev–Trinajstić information content (AvgIpc) is 3.21. The van der Waals surface area contributed by atoms with Gasteiger partial charge < -0.3 is 10.4 Å². The molecule has 0 unspecified atom stereocenters. The molecule has 9 heteroatoms. The highest BCUT2D eigenvalue weighted by atomic mass is 32.1. The van der Waals surface area contributed by atoms with Crippen LogP contribution in [0, 0.1) is 18.6 Å².